The standard InChI is InChI=1S/C16H19N3O2S2/c1-23(20,21)16-18-17-15(22-16)12-19-11-5-8-14(19)10-9-13-6-3-2-4-7-13/h2-4,6-7,9-10,14H,5,8,11-12H2,1H3/b10-9+. The summed E-state index contributed by atoms with van der Waals surface area (Å²) in [7, 11) is -3.26. The number of benzene rings is 1. The molecule has 0 N–H and O–H groups in total. The molecular weight excluding hydrogens is 330 g/mol. The molecule has 1 fully saturated rings. The first kappa shape index (κ1) is 16.3. The summed E-state index contributed by atoms with van der Waals surface area (Å²) in [5.41, 5.74) is 1.19. The lowest BCUT2D eigenvalue weighted by Crippen LogP contribution is -2.27. The summed E-state index contributed by atoms with van der Waals surface area (Å²) in [6, 6.07) is 10.6. The van der Waals surface area contributed by atoms with Gasteiger partial charge in [0.05, 0.1) is 6.54 Å². The van der Waals surface area contributed by atoms with Gasteiger partial charge in [0.1, 0.15) is 5.01 Å². The third-order valence-electron chi connectivity index (χ3n) is 3.83. The first-order chi connectivity index (χ1) is 11.0. The molecule has 0 spiro atoms. The fourth-order valence-electron chi connectivity index (χ4n) is 2.68. The third-order valence-corrected chi connectivity index (χ3v) is 6.41. The van der Waals surface area contributed by atoms with Gasteiger partial charge in [0, 0.05) is 12.3 Å². The number of aromatic nitrogens is 2. The molecule has 0 aliphatic carbocycles. The van der Waals surface area contributed by atoms with Crippen LogP contribution < -0.4 is 0 Å². The minimum Gasteiger partial charge on any atom is -0.290 e. The molecule has 2 heterocycles. The second kappa shape index (κ2) is 6.90. The Labute approximate surface area is 140 Å². The lowest BCUT2D eigenvalue weighted by atomic mass is 10.1. The van der Waals surface area contributed by atoms with Gasteiger partial charge in [0.25, 0.3) is 0 Å². The van der Waals surface area contributed by atoms with Gasteiger partial charge in [-0.1, -0.05) is 53.8 Å². The predicted molar refractivity (Wildman–Crippen MR) is 91.9 cm³/mol. The summed E-state index contributed by atoms with van der Waals surface area (Å²) in [4.78, 5) is 2.33. The van der Waals surface area contributed by atoms with Gasteiger partial charge >= 0.3 is 0 Å². The Kier molecular flexibility index (Phi) is 4.89. The fraction of sp³-hybridized carbons (Fsp3) is 0.375. The van der Waals surface area contributed by atoms with E-state index in [9.17, 15) is 8.42 Å². The van der Waals surface area contributed by atoms with Gasteiger partial charge in [-0.3, -0.25) is 4.90 Å². The molecule has 1 unspecified atom stereocenters. The Balaban J connectivity index is 1.67. The van der Waals surface area contributed by atoms with Crippen molar-refractivity contribution in [2.24, 2.45) is 0 Å². The van der Waals surface area contributed by atoms with E-state index >= 15 is 0 Å². The van der Waals surface area contributed by atoms with Gasteiger partial charge in [-0.25, -0.2) is 8.42 Å². The fourth-order valence-corrected chi connectivity index (χ4v) is 4.36. The van der Waals surface area contributed by atoms with E-state index in [4.69, 9.17) is 0 Å². The Morgan fingerprint density at radius 2 is 2.09 bits per heavy atom. The van der Waals surface area contributed by atoms with Crippen LogP contribution in [0, 0.1) is 0 Å². The topological polar surface area (TPSA) is 63.2 Å². The van der Waals surface area contributed by atoms with Crippen molar-refractivity contribution < 1.29 is 8.42 Å². The Morgan fingerprint density at radius 3 is 2.78 bits per heavy atom. The van der Waals surface area contributed by atoms with Crippen molar-refractivity contribution in [3.8, 4) is 0 Å². The largest absolute Gasteiger partial charge is 0.290 e. The molecule has 0 radical (unpaired) electrons. The van der Waals surface area contributed by atoms with Crippen LogP contribution in [0.3, 0.4) is 0 Å². The highest BCUT2D eigenvalue weighted by Crippen LogP contribution is 2.24. The van der Waals surface area contributed by atoms with E-state index in [1.807, 2.05) is 18.2 Å². The van der Waals surface area contributed by atoms with Gasteiger partial charge in [-0.15, -0.1) is 10.2 Å². The number of rotatable bonds is 5. The molecule has 2 aromatic rings. The quantitative estimate of drug-likeness (QED) is 0.830. The van der Waals surface area contributed by atoms with Crippen molar-refractivity contribution in [2.45, 2.75) is 29.8 Å². The van der Waals surface area contributed by atoms with Gasteiger partial charge in [0.15, 0.2) is 0 Å². The SMILES string of the molecule is CS(=O)(=O)c1nnc(CN2CCCC2/C=C/c2ccccc2)s1. The van der Waals surface area contributed by atoms with E-state index in [0.717, 1.165) is 24.4 Å². The molecule has 122 valence electrons. The lowest BCUT2D eigenvalue weighted by Gasteiger charge is -2.20. The molecule has 1 aliphatic heterocycles. The van der Waals surface area contributed by atoms with Crippen molar-refractivity contribution in [3.05, 3.63) is 47.0 Å². The zero-order valence-electron chi connectivity index (χ0n) is 12.9. The number of sulfone groups is 1. The van der Waals surface area contributed by atoms with Crippen LogP contribution in [0.4, 0.5) is 0 Å². The van der Waals surface area contributed by atoms with Gasteiger partial charge in [-0.05, 0) is 24.9 Å². The Morgan fingerprint density at radius 1 is 1.30 bits per heavy atom. The average Bonchev–Trinajstić information content (AvgIpc) is 3.16. The van der Waals surface area contributed by atoms with Crippen LogP contribution in [0.2, 0.25) is 0 Å². The molecule has 0 amide bonds. The zero-order valence-corrected chi connectivity index (χ0v) is 14.6. The highest BCUT2D eigenvalue weighted by Gasteiger charge is 2.24. The summed E-state index contributed by atoms with van der Waals surface area (Å²) in [5, 5.41) is 8.56. The number of likely N-dealkylation sites (tertiary alicyclic amines) is 1. The Bertz CT molecular complexity index is 785. The molecule has 3 rings (SSSR count). The maximum Gasteiger partial charge on any atom is 0.232 e. The van der Waals surface area contributed by atoms with Crippen LogP contribution in [0.5, 0.6) is 0 Å². The van der Waals surface area contributed by atoms with E-state index in [1.165, 1.54) is 23.2 Å². The smallest absolute Gasteiger partial charge is 0.232 e. The molecule has 5 nitrogen and oxygen atoms in total. The molecule has 1 atom stereocenters. The number of nitrogens with zero attached hydrogens (tertiary/aromatic N) is 3. The molecule has 1 aromatic carbocycles. The van der Waals surface area contributed by atoms with Gasteiger partial charge in [-0.2, -0.15) is 0 Å². The maximum atomic E-state index is 11.5. The molecule has 0 bridgehead atoms. The summed E-state index contributed by atoms with van der Waals surface area (Å²) >= 11 is 1.17. The zero-order chi connectivity index (χ0) is 16.3. The minimum absolute atomic E-state index is 0.100. The summed E-state index contributed by atoms with van der Waals surface area (Å²) in [6.07, 6.45) is 7.78. The van der Waals surface area contributed by atoms with Gasteiger partial charge in [0.2, 0.25) is 14.2 Å². The first-order valence-electron chi connectivity index (χ1n) is 7.52. The van der Waals surface area contributed by atoms with Crippen LogP contribution in [-0.4, -0.2) is 42.4 Å². The maximum absolute atomic E-state index is 11.5. The van der Waals surface area contributed by atoms with Crippen LogP contribution in [0.1, 0.15) is 23.4 Å². The van der Waals surface area contributed by atoms with Crippen LogP contribution in [-0.2, 0) is 16.4 Å². The first-order valence-corrected chi connectivity index (χ1v) is 10.2. The van der Waals surface area contributed by atoms with Crippen LogP contribution in [0.15, 0.2) is 40.7 Å². The van der Waals surface area contributed by atoms with Crippen molar-refractivity contribution in [3.63, 3.8) is 0 Å². The number of hydrogen-bond acceptors (Lipinski definition) is 6. The summed E-state index contributed by atoms with van der Waals surface area (Å²) in [5.74, 6) is 0. The Hall–Kier alpha value is -1.57. The summed E-state index contributed by atoms with van der Waals surface area (Å²) < 4.78 is 23.1. The molecule has 7 heteroatoms. The normalized spacial score (nSPS) is 19.6. The van der Waals surface area contributed by atoms with Crippen molar-refractivity contribution in [1.82, 2.24) is 15.1 Å². The van der Waals surface area contributed by atoms with E-state index in [2.05, 4.69) is 39.4 Å². The van der Waals surface area contributed by atoms with Crippen molar-refractivity contribution >= 4 is 27.3 Å². The highest BCUT2D eigenvalue weighted by atomic mass is 32.2. The second-order valence-corrected chi connectivity index (χ2v) is 8.94. The predicted octanol–water partition coefficient (Wildman–Crippen LogP) is 2.62. The average molecular weight is 349 g/mol. The molecule has 1 saturated heterocycles. The van der Waals surface area contributed by atoms with Crippen LogP contribution >= 0.6 is 11.3 Å². The number of hydrogen-bond donors (Lipinski definition) is 0. The summed E-state index contributed by atoms with van der Waals surface area (Å²) in [6.45, 7) is 1.65. The van der Waals surface area contributed by atoms with E-state index in [0.29, 0.717) is 12.6 Å². The van der Waals surface area contributed by atoms with Crippen molar-refractivity contribution in [2.75, 3.05) is 12.8 Å². The second-order valence-electron chi connectivity index (χ2n) is 5.68. The highest BCUT2D eigenvalue weighted by molar-refractivity contribution is 7.92. The molecule has 0 saturated carbocycles. The third kappa shape index (κ3) is 4.25. The minimum atomic E-state index is -3.26. The lowest BCUT2D eigenvalue weighted by molar-refractivity contribution is 0.281. The monoisotopic (exact) mass is 349 g/mol. The molecule has 1 aromatic heterocycles. The van der Waals surface area contributed by atoms with Gasteiger partial charge < -0.3 is 0 Å². The van der Waals surface area contributed by atoms with E-state index < -0.39 is 9.84 Å². The molecule has 1 aliphatic rings. The molecular formula is C16H19N3O2S2. The molecule has 23 heavy (non-hydrogen) atoms. The van der Waals surface area contributed by atoms with E-state index in [1.54, 1.807) is 0 Å². The van der Waals surface area contributed by atoms with Crippen LogP contribution in [0.25, 0.3) is 6.08 Å². The van der Waals surface area contributed by atoms with E-state index in [-0.39, 0.29) is 4.34 Å². The van der Waals surface area contributed by atoms with Crippen molar-refractivity contribution in [1.29, 1.82) is 0 Å².